The first-order chi connectivity index (χ1) is 8.83. The van der Waals surface area contributed by atoms with E-state index in [1.165, 1.54) is 77.0 Å². The van der Waals surface area contributed by atoms with Crippen molar-refractivity contribution in [1.29, 1.82) is 0 Å². The zero-order valence-electron chi connectivity index (χ0n) is 12.9. The minimum Gasteiger partial charge on any atom is -0.397 e. The predicted octanol–water partition coefficient (Wildman–Crippen LogP) is 4.64. The lowest BCUT2D eigenvalue weighted by atomic mass is 10.1. The molecular formula is C16H37NO. The minimum atomic E-state index is 0.250. The molecule has 0 atom stereocenters. The number of unbranched alkanes of at least 4 members (excludes halogenated alkanes) is 11. The van der Waals surface area contributed by atoms with Gasteiger partial charge >= 0.3 is 0 Å². The minimum absolute atomic E-state index is 0.250. The summed E-state index contributed by atoms with van der Waals surface area (Å²) in [5.74, 6) is 0. The van der Waals surface area contributed by atoms with E-state index in [9.17, 15) is 0 Å². The van der Waals surface area contributed by atoms with Gasteiger partial charge < -0.3 is 10.8 Å². The highest BCUT2D eigenvalue weighted by molar-refractivity contribution is 4.48. The Balaban J connectivity index is 0. The third-order valence-corrected chi connectivity index (χ3v) is 3.06. The number of aliphatic hydroxyl groups excluding tert-OH is 1. The normalized spacial score (nSPS) is 10.0. The van der Waals surface area contributed by atoms with Gasteiger partial charge in [-0.05, 0) is 19.9 Å². The third-order valence-electron chi connectivity index (χ3n) is 3.06. The zero-order chi connectivity index (χ0) is 13.9. The van der Waals surface area contributed by atoms with Crippen molar-refractivity contribution in [3.05, 3.63) is 0 Å². The molecule has 0 aromatic carbocycles. The Morgan fingerprint density at radius 3 is 1.17 bits per heavy atom. The van der Waals surface area contributed by atoms with E-state index in [-0.39, 0.29) is 6.61 Å². The van der Waals surface area contributed by atoms with E-state index in [4.69, 9.17) is 10.8 Å². The molecule has 0 heterocycles. The molecular weight excluding hydrogens is 222 g/mol. The summed E-state index contributed by atoms with van der Waals surface area (Å²) in [5.41, 5.74) is 5.45. The van der Waals surface area contributed by atoms with Crippen LogP contribution >= 0.6 is 0 Å². The molecule has 18 heavy (non-hydrogen) atoms. The van der Waals surface area contributed by atoms with Gasteiger partial charge in [0.25, 0.3) is 0 Å². The quantitative estimate of drug-likeness (QED) is 0.501. The summed E-state index contributed by atoms with van der Waals surface area (Å²) in [4.78, 5) is 0. The molecule has 0 aromatic heterocycles. The average Bonchev–Trinajstić information content (AvgIpc) is 2.37. The Kier molecular flexibility index (Phi) is 24.9. The maximum atomic E-state index is 7.57. The molecule has 2 heteroatoms. The standard InChI is InChI=1S/C14H31N.C2H6O/c1-2-3-4-5-6-7-8-9-10-11-12-13-14-15;1-2-3/h2-15H2,1H3;3H,2H2,1H3. The fraction of sp³-hybridized carbons (Fsp3) is 1.00. The summed E-state index contributed by atoms with van der Waals surface area (Å²) >= 11 is 0. The molecule has 0 aliphatic rings. The second kappa shape index (κ2) is 22.1. The predicted molar refractivity (Wildman–Crippen MR) is 82.9 cm³/mol. The van der Waals surface area contributed by atoms with Crippen LogP contribution in [0.4, 0.5) is 0 Å². The second-order valence-corrected chi connectivity index (χ2v) is 4.99. The molecule has 0 saturated heterocycles. The first-order valence-corrected chi connectivity index (χ1v) is 8.14. The lowest BCUT2D eigenvalue weighted by molar-refractivity contribution is 0.318. The van der Waals surface area contributed by atoms with Crippen LogP contribution in [0.5, 0.6) is 0 Å². The fourth-order valence-corrected chi connectivity index (χ4v) is 1.99. The molecule has 0 aliphatic heterocycles. The molecule has 0 radical (unpaired) electrons. The van der Waals surface area contributed by atoms with Gasteiger partial charge in [0.2, 0.25) is 0 Å². The van der Waals surface area contributed by atoms with Crippen LogP contribution < -0.4 is 5.73 Å². The van der Waals surface area contributed by atoms with Crippen molar-refractivity contribution in [2.45, 2.75) is 90.9 Å². The first-order valence-electron chi connectivity index (χ1n) is 8.14. The molecule has 3 N–H and O–H groups in total. The molecule has 2 nitrogen and oxygen atoms in total. The Morgan fingerprint density at radius 1 is 0.611 bits per heavy atom. The van der Waals surface area contributed by atoms with E-state index in [2.05, 4.69) is 6.92 Å². The molecule has 0 amide bonds. The smallest absolute Gasteiger partial charge is 0.0402 e. The second-order valence-electron chi connectivity index (χ2n) is 4.99. The Morgan fingerprint density at radius 2 is 0.889 bits per heavy atom. The Bertz CT molecular complexity index is 106. The number of aliphatic hydroxyl groups is 1. The maximum absolute atomic E-state index is 7.57. The van der Waals surface area contributed by atoms with Gasteiger partial charge in [-0.15, -0.1) is 0 Å². The van der Waals surface area contributed by atoms with Crippen LogP contribution in [0.2, 0.25) is 0 Å². The number of hydrogen-bond acceptors (Lipinski definition) is 2. The average molecular weight is 259 g/mol. The first kappa shape index (κ1) is 20.2. The van der Waals surface area contributed by atoms with Gasteiger partial charge in [-0.25, -0.2) is 0 Å². The van der Waals surface area contributed by atoms with Crippen LogP contribution in [-0.2, 0) is 0 Å². The number of nitrogens with two attached hydrogens (primary N) is 1. The van der Waals surface area contributed by atoms with Crippen LogP contribution in [0.25, 0.3) is 0 Å². The van der Waals surface area contributed by atoms with Crippen molar-refractivity contribution in [3.63, 3.8) is 0 Å². The summed E-state index contributed by atoms with van der Waals surface area (Å²) in [5, 5.41) is 7.57. The molecule has 0 unspecified atom stereocenters. The highest BCUT2D eigenvalue weighted by atomic mass is 16.2. The van der Waals surface area contributed by atoms with Crippen molar-refractivity contribution >= 4 is 0 Å². The third kappa shape index (κ3) is 24.9. The molecule has 0 fully saturated rings. The van der Waals surface area contributed by atoms with Crippen molar-refractivity contribution < 1.29 is 5.11 Å². The van der Waals surface area contributed by atoms with E-state index in [0.717, 1.165) is 6.54 Å². The van der Waals surface area contributed by atoms with E-state index in [0.29, 0.717) is 0 Å². The molecule has 0 aromatic rings. The van der Waals surface area contributed by atoms with Crippen LogP contribution in [0.15, 0.2) is 0 Å². The van der Waals surface area contributed by atoms with Gasteiger partial charge in [0.1, 0.15) is 0 Å². The topological polar surface area (TPSA) is 46.2 Å². The summed E-state index contributed by atoms with van der Waals surface area (Å²) in [6.45, 7) is 5.08. The number of hydrogen-bond donors (Lipinski definition) is 2. The summed E-state index contributed by atoms with van der Waals surface area (Å²) < 4.78 is 0. The van der Waals surface area contributed by atoms with Crippen molar-refractivity contribution in [1.82, 2.24) is 0 Å². The van der Waals surface area contributed by atoms with E-state index < -0.39 is 0 Å². The van der Waals surface area contributed by atoms with Crippen LogP contribution in [0, 0.1) is 0 Å². The lowest BCUT2D eigenvalue weighted by Gasteiger charge is -2.01. The molecule has 0 rings (SSSR count). The fourth-order valence-electron chi connectivity index (χ4n) is 1.99. The molecule has 0 spiro atoms. The highest BCUT2D eigenvalue weighted by Crippen LogP contribution is 2.11. The van der Waals surface area contributed by atoms with E-state index in [1.807, 2.05) is 0 Å². The van der Waals surface area contributed by atoms with Gasteiger partial charge in [0.15, 0.2) is 0 Å². The van der Waals surface area contributed by atoms with Gasteiger partial charge in [-0.1, -0.05) is 77.6 Å². The summed E-state index contributed by atoms with van der Waals surface area (Å²) in [6.07, 6.45) is 16.9. The van der Waals surface area contributed by atoms with Crippen LogP contribution in [0.1, 0.15) is 90.9 Å². The highest BCUT2D eigenvalue weighted by Gasteiger charge is 1.92. The van der Waals surface area contributed by atoms with Gasteiger partial charge in [0, 0.05) is 6.61 Å². The SMILES string of the molecule is CCCCCCCCCCCCCCN.CCO. The van der Waals surface area contributed by atoms with E-state index >= 15 is 0 Å². The largest absolute Gasteiger partial charge is 0.397 e. The monoisotopic (exact) mass is 259 g/mol. The Labute approximate surface area is 115 Å². The van der Waals surface area contributed by atoms with Gasteiger partial charge in [0.05, 0.1) is 0 Å². The summed E-state index contributed by atoms with van der Waals surface area (Å²) in [7, 11) is 0. The van der Waals surface area contributed by atoms with Crippen LogP contribution in [0.3, 0.4) is 0 Å². The van der Waals surface area contributed by atoms with Crippen LogP contribution in [-0.4, -0.2) is 18.3 Å². The molecule has 112 valence electrons. The maximum Gasteiger partial charge on any atom is 0.0402 e. The molecule has 0 aliphatic carbocycles. The van der Waals surface area contributed by atoms with Crippen molar-refractivity contribution in [2.24, 2.45) is 5.73 Å². The van der Waals surface area contributed by atoms with Crippen molar-refractivity contribution in [2.75, 3.05) is 13.2 Å². The number of rotatable bonds is 12. The van der Waals surface area contributed by atoms with Gasteiger partial charge in [-0.3, -0.25) is 0 Å². The Hall–Kier alpha value is -0.0800. The molecule has 0 bridgehead atoms. The summed E-state index contributed by atoms with van der Waals surface area (Å²) in [6, 6.07) is 0. The van der Waals surface area contributed by atoms with Gasteiger partial charge in [-0.2, -0.15) is 0 Å². The zero-order valence-corrected chi connectivity index (χ0v) is 12.9. The molecule has 0 saturated carbocycles. The lowest BCUT2D eigenvalue weighted by Crippen LogP contribution is -1.97. The van der Waals surface area contributed by atoms with Crippen molar-refractivity contribution in [3.8, 4) is 0 Å². The van der Waals surface area contributed by atoms with E-state index in [1.54, 1.807) is 6.92 Å².